The number of likely N-dealkylation sites (tertiary alicyclic amines) is 1. The van der Waals surface area contributed by atoms with E-state index in [-0.39, 0.29) is 17.7 Å². The predicted molar refractivity (Wildman–Crippen MR) is 129 cm³/mol. The number of carbonyl (C=O) groups excluding carboxylic acids is 2. The van der Waals surface area contributed by atoms with Gasteiger partial charge >= 0.3 is 12.1 Å². The first kappa shape index (κ1) is 27.3. The second-order valence-corrected chi connectivity index (χ2v) is 9.81. The molecule has 10 nitrogen and oxygen atoms in total. The molecular weight excluding hydrogens is 505 g/mol. The Morgan fingerprint density at radius 1 is 1.05 bits per heavy atom. The highest BCUT2D eigenvalue weighted by Gasteiger charge is 2.54. The third-order valence-electron chi connectivity index (χ3n) is 7.14. The fourth-order valence-electron chi connectivity index (χ4n) is 4.98. The molecular formula is C25H29F3N6O4. The van der Waals surface area contributed by atoms with Crippen LogP contribution in [-0.4, -0.2) is 81.6 Å². The van der Waals surface area contributed by atoms with Crippen LogP contribution in [0.15, 0.2) is 42.9 Å². The molecule has 3 aliphatic rings. The number of carboxylic acid groups (broad SMARTS) is 1. The van der Waals surface area contributed by atoms with Crippen LogP contribution in [0.5, 0.6) is 0 Å². The number of pyridine rings is 1. The van der Waals surface area contributed by atoms with Crippen LogP contribution >= 0.6 is 0 Å². The second-order valence-electron chi connectivity index (χ2n) is 9.81. The largest absolute Gasteiger partial charge is 0.490 e. The molecule has 1 saturated carbocycles. The Labute approximate surface area is 217 Å². The molecule has 4 heterocycles. The van der Waals surface area contributed by atoms with E-state index in [9.17, 15) is 22.8 Å². The Morgan fingerprint density at radius 3 is 2.34 bits per heavy atom. The number of nitrogens with zero attached hydrogens (tertiary/aromatic N) is 5. The standard InChI is InChI=1S/C23H28N6O2.C2HF3O2/c30-20(19-5-1-2-9-24-19)28-12-3-8-23(21(31)27-13-17-6-7-17)16-29(15-18(23)14-28)22-25-10-4-11-26-22;3-2(4,5)1(6)7/h1-2,4-5,9-11,17-18H,3,6-8,12-16H2,(H,27,31);(H,6,7)/t18-,23+;/m0./s1. The molecule has 1 aliphatic carbocycles. The lowest BCUT2D eigenvalue weighted by Gasteiger charge is -2.32. The molecule has 38 heavy (non-hydrogen) atoms. The topological polar surface area (TPSA) is 129 Å². The molecule has 2 aliphatic heterocycles. The van der Waals surface area contributed by atoms with Crippen molar-refractivity contribution in [3.8, 4) is 0 Å². The van der Waals surface area contributed by atoms with Crippen molar-refractivity contribution in [1.29, 1.82) is 0 Å². The smallest absolute Gasteiger partial charge is 0.475 e. The van der Waals surface area contributed by atoms with Gasteiger partial charge in [0.2, 0.25) is 11.9 Å². The summed E-state index contributed by atoms with van der Waals surface area (Å²) < 4.78 is 31.7. The average Bonchev–Trinajstić information content (AvgIpc) is 3.70. The summed E-state index contributed by atoms with van der Waals surface area (Å²) in [5.74, 6) is -1.41. The van der Waals surface area contributed by atoms with Gasteiger partial charge in [-0.2, -0.15) is 13.2 Å². The van der Waals surface area contributed by atoms with Crippen molar-refractivity contribution in [3.05, 3.63) is 48.5 Å². The first-order valence-electron chi connectivity index (χ1n) is 12.4. The van der Waals surface area contributed by atoms with Gasteiger partial charge in [-0.25, -0.2) is 14.8 Å². The van der Waals surface area contributed by atoms with E-state index in [1.165, 1.54) is 12.8 Å². The number of alkyl halides is 3. The Bertz CT molecular complexity index is 1130. The van der Waals surface area contributed by atoms with Crippen molar-refractivity contribution in [2.75, 3.05) is 37.6 Å². The lowest BCUT2D eigenvalue weighted by atomic mass is 9.74. The fraction of sp³-hybridized carbons (Fsp3) is 0.520. The number of hydrogen-bond donors (Lipinski definition) is 2. The van der Waals surface area contributed by atoms with E-state index in [1.807, 2.05) is 17.0 Å². The van der Waals surface area contributed by atoms with Crippen LogP contribution in [0.25, 0.3) is 0 Å². The summed E-state index contributed by atoms with van der Waals surface area (Å²) >= 11 is 0. The minimum absolute atomic E-state index is 0.0191. The third kappa shape index (κ3) is 6.37. The van der Waals surface area contributed by atoms with E-state index in [0.717, 1.165) is 19.4 Å². The van der Waals surface area contributed by atoms with Crippen LogP contribution in [0.3, 0.4) is 0 Å². The maximum absolute atomic E-state index is 13.5. The quantitative estimate of drug-likeness (QED) is 0.599. The van der Waals surface area contributed by atoms with Gasteiger partial charge in [-0.15, -0.1) is 0 Å². The molecule has 2 atom stereocenters. The Kier molecular flexibility index (Phi) is 8.12. The van der Waals surface area contributed by atoms with Crippen LogP contribution < -0.4 is 10.2 Å². The van der Waals surface area contributed by atoms with Gasteiger partial charge in [-0.1, -0.05) is 6.07 Å². The van der Waals surface area contributed by atoms with E-state index in [2.05, 4.69) is 25.2 Å². The van der Waals surface area contributed by atoms with E-state index >= 15 is 0 Å². The number of fused-ring (bicyclic) bond motifs is 1. The van der Waals surface area contributed by atoms with Gasteiger partial charge in [-0.05, 0) is 49.8 Å². The van der Waals surface area contributed by atoms with Crippen LogP contribution in [0, 0.1) is 17.3 Å². The van der Waals surface area contributed by atoms with Gasteiger partial charge in [0.1, 0.15) is 5.69 Å². The highest BCUT2D eigenvalue weighted by Crippen LogP contribution is 2.44. The number of carbonyl (C=O) groups is 3. The molecule has 5 rings (SSSR count). The zero-order valence-corrected chi connectivity index (χ0v) is 20.6. The molecule has 3 fully saturated rings. The van der Waals surface area contributed by atoms with E-state index in [4.69, 9.17) is 9.90 Å². The summed E-state index contributed by atoms with van der Waals surface area (Å²) in [7, 11) is 0. The molecule has 0 unspecified atom stereocenters. The molecule has 0 aromatic carbocycles. The van der Waals surface area contributed by atoms with Crippen LogP contribution in [-0.2, 0) is 9.59 Å². The first-order valence-corrected chi connectivity index (χ1v) is 12.4. The predicted octanol–water partition coefficient (Wildman–Crippen LogP) is 2.39. The van der Waals surface area contributed by atoms with Gasteiger partial charge in [0, 0.05) is 57.2 Å². The summed E-state index contributed by atoms with van der Waals surface area (Å²) in [5, 5.41) is 10.4. The Morgan fingerprint density at radius 2 is 1.74 bits per heavy atom. The summed E-state index contributed by atoms with van der Waals surface area (Å²) in [4.78, 5) is 52.6. The Hall–Kier alpha value is -3.77. The number of hydrogen-bond acceptors (Lipinski definition) is 7. The second kappa shape index (κ2) is 11.3. The summed E-state index contributed by atoms with van der Waals surface area (Å²) in [6, 6.07) is 7.19. The number of anilines is 1. The minimum atomic E-state index is -5.08. The van der Waals surface area contributed by atoms with E-state index < -0.39 is 17.6 Å². The monoisotopic (exact) mass is 534 g/mol. The molecule has 2 saturated heterocycles. The number of nitrogens with one attached hydrogen (secondary N) is 1. The molecule has 2 aromatic rings. The molecule has 13 heteroatoms. The third-order valence-corrected chi connectivity index (χ3v) is 7.14. The van der Waals surface area contributed by atoms with Crippen molar-refractivity contribution in [1.82, 2.24) is 25.2 Å². The van der Waals surface area contributed by atoms with Crippen LogP contribution in [0.4, 0.5) is 19.1 Å². The molecule has 0 spiro atoms. The normalized spacial score (nSPS) is 23.0. The summed E-state index contributed by atoms with van der Waals surface area (Å²) in [6.45, 7) is 3.18. The average molecular weight is 535 g/mol. The maximum atomic E-state index is 13.5. The van der Waals surface area contributed by atoms with E-state index in [1.54, 1.807) is 30.7 Å². The molecule has 2 N–H and O–H groups in total. The van der Waals surface area contributed by atoms with Gasteiger partial charge < -0.3 is 20.2 Å². The minimum Gasteiger partial charge on any atom is -0.475 e. The van der Waals surface area contributed by atoms with Gasteiger partial charge in [0.25, 0.3) is 5.91 Å². The van der Waals surface area contributed by atoms with Crippen molar-refractivity contribution in [2.45, 2.75) is 31.9 Å². The SMILES string of the molecule is O=C(O)C(F)(F)F.O=C(c1ccccn1)N1CCC[C@@]2(C(=O)NCC3CC3)CN(c3ncccn3)C[C@@H]2C1. The van der Waals surface area contributed by atoms with Gasteiger partial charge in [0.15, 0.2) is 0 Å². The summed E-state index contributed by atoms with van der Waals surface area (Å²) in [5.41, 5.74) is -0.0813. The highest BCUT2D eigenvalue weighted by atomic mass is 19.4. The Balaban J connectivity index is 0.000000426. The lowest BCUT2D eigenvalue weighted by Crippen LogP contribution is -2.48. The number of aromatic nitrogens is 3. The molecule has 0 radical (unpaired) electrons. The van der Waals surface area contributed by atoms with Crippen molar-refractivity contribution < 1.29 is 32.7 Å². The molecule has 0 bridgehead atoms. The zero-order chi connectivity index (χ0) is 27.3. The molecule has 2 aromatic heterocycles. The molecule has 204 valence electrons. The maximum Gasteiger partial charge on any atom is 0.490 e. The number of amides is 2. The van der Waals surface area contributed by atoms with Crippen molar-refractivity contribution >= 4 is 23.7 Å². The zero-order valence-electron chi connectivity index (χ0n) is 20.6. The van der Waals surface area contributed by atoms with Crippen molar-refractivity contribution in [2.24, 2.45) is 17.3 Å². The fourth-order valence-corrected chi connectivity index (χ4v) is 4.98. The first-order chi connectivity index (χ1) is 18.1. The molecule has 2 amide bonds. The number of carboxylic acids is 1. The van der Waals surface area contributed by atoms with Gasteiger partial charge in [0.05, 0.1) is 5.41 Å². The lowest BCUT2D eigenvalue weighted by molar-refractivity contribution is -0.192. The van der Waals surface area contributed by atoms with Crippen LogP contribution in [0.1, 0.15) is 36.2 Å². The summed E-state index contributed by atoms with van der Waals surface area (Å²) in [6.07, 6.45) is 3.96. The van der Waals surface area contributed by atoms with Crippen LogP contribution in [0.2, 0.25) is 0 Å². The van der Waals surface area contributed by atoms with E-state index in [0.29, 0.717) is 43.7 Å². The van der Waals surface area contributed by atoms with Crippen molar-refractivity contribution in [3.63, 3.8) is 0 Å². The number of halogens is 3. The van der Waals surface area contributed by atoms with Gasteiger partial charge in [-0.3, -0.25) is 14.6 Å². The number of aliphatic carboxylic acids is 1. The highest BCUT2D eigenvalue weighted by molar-refractivity contribution is 5.92. The number of rotatable bonds is 5.